The van der Waals surface area contributed by atoms with Crippen LogP contribution in [0.4, 0.5) is 0 Å². The lowest BCUT2D eigenvalue weighted by Gasteiger charge is -2.13. The maximum absolute atomic E-state index is 10.0. The summed E-state index contributed by atoms with van der Waals surface area (Å²) < 4.78 is 12.0. The normalized spacial score (nSPS) is 15.3. The molecule has 3 nitrogen and oxygen atoms in total. The van der Waals surface area contributed by atoms with E-state index in [-0.39, 0.29) is 6.10 Å². The van der Waals surface area contributed by atoms with Crippen LogP contribution in [-0.2, 0) is 17.6 Å². The van der Waals surface area contributed by atoms with E-state index in [0.717, 1.165) is 28.8 Å². The molecule has 0 aromatic heterocycles. The van der Waals surface area contributed by atoms with Gasteiger partial charge in [-0.15, -0.1) is 0 Å². The number of rotatable bonds is 6. The summed E-state index contributed by atoms with van der Waals surface area (Å²) in [6.45, 7) is 4.01. The summed E-state index contributed by atoms with van der Waals surface area (Å²) in [4.78, 5) is 0. The van der Waals surface area contributed by atoms with E-state index in [0.29, 0.717) is 26.1 Å². The monoisotopic (exact) mass is 314 g/mol. The largest absolute Gasteiger partial charge is 0.493 e. The maximum atomic E-state index is 10.0. The highest BCUT2D eigenvalue weighted by Gasteiger charge is 2.19. The Kier molecular flexibility index (Phi) is 5.03. The molecule has 1 heterocycles. The van der Waals surface area contributed by atoms with E-state index < -0.39 is 0 Å². The van der Waals surface area contributed by atoms with Crippen LogP contribution in [0.5, 0.6) is 5.75 Å². The summed E-state index contributed by atoms with van der Waals surface area (Å²) >= 11 is 3.51. The van der Waals surface area contributed by atoms with Gasteiger partial charge in [0, 0.05) is 30.5 Å². The summed E-state index contributed by atoms with van der Waals surface area (Å²) in [5.74, 6) is 0.966. The predicted molar refractivity (Wildman–Crippen MR) is 74.2 cm³/mol. The molecule has 1 atom stereocenters. The van der Waals surface area contributed by atoms with E-state index in [4.69, 9.17) is 9.47 Å². The molecule has 1 N–H and O–H groups in total. The van der Waals surface area contributed by atoms with Gasteiger partial charge in [0.25, 0.3) is 0 Å². The van der Waals surface area contributed by atoms with E-state index in [1.807, 2.05) is 13.0 Å². The summed E-state index contributed by atoms with van der Waals surface area (Å²) in [7, 11) is 0. The predicted octanol–water partition coefficient (Wildman–Crippen LogP) is 2.71. The lowest BCUT2D eigenvalue weighted by Crippen LogP contribution is -2.14. The third-order valence-corrected chi connectivity index (χ3v) is 3.54. The first-order chi connectivity index (χ1) is 8.70. The van der Waals surface area contributed by atoms with Crippen LogP contribution >= 0.6 is 15.9 Å². The number of hydrogen-bond acceptors (Lipinski definition) is 3. The highest BCUT2D eigenvalue weighted by Crippen LogP contribution is 2.33. The van der Waals surface area contributed by atoms with Gasteiger partial charge in [-0.1, -0.05) is 15.9 Å². The summed E-state index contributed by atoms with van der Waals surface area (Å²) in [5.41, 5.74) is 2.32. The van der Waals surface area contributed by atoms with E-state index >= 15 is 0 Å². The van der Waals surface area contributed by atoms with E-state index in [1.54, 1.807) is 0 Å². The molecule has 100 valence electrons. The first kappa shape index (κ1) is 13.8. The fourth-order valence-corrected chi connectivity index (χ4v) is 2.77. The molecule has 0 saturated carbocycles. The SMILES string of the molecule is CCOCCC(O)Cc1cc(Br)cc2c1OCC2. The first-order valence-electron chi connectivity index (χ1n) is 6.40. The smallest absolute Gasteiger partial charge is 0.125 e. The Labute approximate surface area is 116 Å². The fourth-order valence-electron chi connectivity index (χ4n) is 2.22. The Hall–Kier alpha value is -0.580. The van der Waals surface area contributed by atoms with Gasteiger partial charge in [-0.25, -0.2) is 0 Å². The zero-order valence-corrected chi connectivity index (χ0v) is 12.2. The molecular weight excluding hydrogens is 296 g/mol. The molecule has 0 saturated heterocycles. The van der Waals surface area contributed by atoms with Gasteiger partial charge in [0.05, 0.1) is 12.7 Å². The topological polar surface area (TPSA) is 38.7 Å². The van der Waals surface area contributed by atoms with Crippen molar-refractivity contribution in [2.45, 2.75) is 32.3 Å². The fraction of sp³-hybridized carbons (Fsp3) is 0.571. The zero-order valence-electron chi connectivity index (χ0n) is 10.6. The molecule has 0 amide bonds. The van der Waals surface area contributed by atoms with E-state index in [2.05, 4.69) is 22.0 Å². The molecule has 1 aromatic rings. The van der Waals surface area contributed by atoms with E-state index in [9.17, 15) is 5.11 Å². The molecule has 2 rings (SSSR count). The molecule has 0 aliphatic carbocycles. The van der Waals surface area contributed by atoms with Crippen molar-refractivity contribution >= 4 is 15.9 Å². The molecule has 18 heavy (non-hydrogen) atoms. The van der Waals surface area contributed by atoms with Gasteiger partial charge >= 0.3 is 0 Å². The Bertz CT molecular complexity index is 406. The molecule has 1 unspecified atom stereocenters. The molecular formula is C14H19BrO3. The van der Waals surface area contributed by atoms with Gasteiger partial charge < -0.3 is 14.6 Å². The third-order valence-electron chi connectivity index (χ3n) is 3.08. The van der Waals surface area contributed by atoms with Crippen molar-refractivity contribution in [3.63, 3.8) is 0 Å². The number of aliphatic hydroxyl groups is 1. The van der Waals surface area contributed by atoms with Crippen LogP contribution < -0.4 is 4.74 Å². The second kappa shape index (κ2) is 6.55. The van der Waals surface area contributed by atoms with Crippen molar-refractivity contribution < 1.29 is 14.6 Å². The zero-order chi connectivity index (χ0) is 13.0. The van der Waals surface area contributed by atoms with Crippen molar-refractivity contribution in [1.29, 1.82) is 0 Å². The van der Waals surface area contributed by atoms with Gasteiger partial charge in [0.1, 0.15) is 5.75 Å². The van der Waals surface area contributed by atoms with Gasteiger partial charge in [-0.2, -0.15) is 0 Å². The molecule has 4 heteroatoms. The number of aliphatic hydroxyl groups excluding tert-OH is 1. The van der Waals surface area contributed by atoms with Crippen LogP contribution in [0.2, 0.25) is 0 Å². The Balaban J connectivity index is 2.00. The number of benzene rings is 1. The molecule has 0 radical (unpaired) electrons. The van der Waals surface area contributed by atoms with Crippen LogP contribution in [0, 0.1) is 0 Å². The third kappa shape index (κ3) is 3.46. The van der Waals surface area contributed by atoms with Gasteiger partial charge in [-0.3, -0.25) is 0 Å². The molecule has 1 aliphatic heterocycles. The number of hydrogen-bond donors (Lipinski definition) is 1. The second-order valence-corrected chi connectivity index (χ2v) is 5.41. The van der Waals surface area contributed by atoms with Crippen LogP contribution in [0.3, 0.4) is 0 Å². The second-order valence-electron chi connectivity index (χ2n) is 4.50. The summed E-state index contributed by atoms with van der Waals surface area (Å²) in [6.07, 6.45) is 1.86. The Morgan fingerprint density at radius 2 is 2.33 bits per heavy atom. The van der Waals surface area contributed by atoms with Crippen molar-refractivity contribution in [1.82, 2.24) is 0 Å². The van der Waals surface area contributed by atoms with Gasteiger partial charge in [-0.05, 0) is 36.6 Å². The number of ether oxygens (including phenoxy) is 2. The average molecular weight is 315 g/mol. The lowest BCUT2D eigenvalue weighted by atomic mass is 10.0. The Morgan fingerprint density at radius 1 is 1.50 bits per heavy atom. The minimum atomic E-state index is -0.376. The van der Waals surface area contributed by atoms with Crippen molar-refractivity contribution in [2.75, 3.05) is 19.8 Å². The molecule has 1 aliphatic rings. The molecule has 0 spiro atoms. The quantitative estimate of drug-likeness (QED) is 0.821. The molecule has 0 bridgehead atoms. The van der Waals surface area contributed by atoms with Crippen molar-refractivity contribution in [2.24, 2.45) is 0 Å². The molecule has 1 aromatic carbocycles. The number of fused-ring (bicyclic) bond motifs is 1. The van der Waals surface area contributed by atoms with E-state index in [1.165, 1.54) is 5.56 Å². The van der Waals surface area contributed by atoms with Crippen LogP contribution in [-0.4, -0.2) is 31.0 Å². The van der Waals surface area contributed by atoms with Crippen LogP contribution in [0.1, 0.15) is 24.5 Å². The summed E-state index contributed by atoms with van der Waals surface area (Å²) in [6, 6.07) is 4.13. The highest BCUT2D eigenvalue weighted by atomic mass is 79.9. The minimum Gasteiger partial charge on any atom is -0.493 e. The Morgan fingerprint density at radius 3 is 3.11 bits per heavy atom. The highest BCUT2D eigenvalue weighted by molar-refractivity contribution is 9.10. The number of halogens is 1. The average Bonchev–Trinajstić information content (AvgIpc) is 2.77. The van der Waals surface area contributed by atoms with Crippen LogP contribution in [0.15, 0.2) is 16.6 Å². The van der Waals surface area contributed by atoms with Crippen molar-refractivity contribution in [3.8, 4) is 5.75 Å². The van der Waals surface area contributed by atoms with Crippen molar-refractivity contribution in [3.05, 3.63) is 27.7 Å². The summed E-state index contributed by atoms with van der Waals surface area (Å²) in [5, 5.41) is 10.0. The van der Waals surface area contributed by atoms with Crippen LogP contribution in [0.25, 0.3) is 0 Å². The minimum absolute atomic E-state index is 0.376. The molecule has 0 fully saturated rings. The maximum Gasteiger partial charge on any atom is 0.125 e. The van der Waals surface area contributed by atoms with Gasteiger partial charge in [0.2, 0.25) is 0 Å². The lowest BCUT2D eigenvalue weighted by molar-refractivity contribution is 0.0884. The first-order valence-corrected chi connectivity index (χ1v) is 7.20. The van der Waals surface area contributed by atoms with Gasteiger partial charge in [0.15, 0.2) is 0 Å². The standard InChI is InChI=1S/C14H19BrO3/c1-2-17-5-4-13(16)9-11-8-12(15)7-10-3-6-18-14(10)11/h7-8,13,16H,2-6,9H2,1H3.